The van der Waals surface area contributed by atoms with Crippen molar-refractivity contribution in [1.29, 1.82) is 5.26 Å². The number of nitrogens with zero attached hydrogens (tertiary/aromatic N) is 1. The van der Waals surface area contributed by atoms with E-state index in [9.17, 15) is 4.79 Å². The van der Waals surface area contributed by atoms with Crippen LogP contribution in [0, 0.1) is 17.2 Å². The average molecular weight is 95.1 g/mol. The predicted molar refractivity (Wildman–Crippen MR) is 25.4 cm³/mol. The monoisotopic (exact) mass is 95.0 g/mol. The summed E-state index contributed by atoms with van der Waals surface area (Å²) in [5.74, 6) is -0.625. The molecule has 0 aromatic heterocycles. The molecule has 0 saturated carbocycles. The van der Waals surface area contributed by atoms with Gasteiger partial charge < -0.3 is 4.79 Å². The van der Waals surface area contributed by atoms with Crippen molar-refractivity contribution >= 4 is 6.29 Å². The number of carbonyl (C=O) groups excluding carboxylic acids is 1. The van der Waals surface area contributed by atoms with E-state index in [1.165, 1.54) is 6.08 Å². The van der Waals surface area contributed by atoms with Gasteiger partial charge in [0, 0.05) is 0 Å². The van der Waals surface area contributed by atoms with Crippen molar-refractivity contribution in [1.82, 2.24) is 0 Å². The van der Waals surface area contributed by atoms with Gasteiger partial charge in [-0.2, -0.15) is 5.26 Å². The molecule has 1 unspecified atom stereocenters. The van der Waals surface area contributed by atoms with Crippen LogP contribution in [0.3, 0.4) is 0 Å². The molecule has 2 nitrogen and oxygen atoms in total. The van der Waals surface area contributed by atoms with Gasteiger partial charge >= 0.3 is 0 Å². The van der Waals surface area contributed by atoms with E-state index in [1.54, 1.807) is 6.07 Å². The smallest absolute Gasteiger partial charge is 0.140 e. The van der Waals surface area contributed by atoms with Crippen LogP contribution in [0.5, 0.6) is 0 Å². The lowest BCUT2D eigenvalue weighted by Crippen LogP contribution is -1.89. The Morgan fingerprint density at radius 2 is 2.43 bits per heavy atom. The molecule has 0 amide bonds. The summed E-state index contributed by atoms with van der Waals surface area (Å²) in [6, 6.07) is 1.72. The highest BCUT2D eigenvalue weighted by Crippen LogP contribution is 1.85. The molecule has 0 aliphatic rings. The minimum absolute atomic E-state index is 0.549. The van der Waals surface area contributed by atoms with E-state index in [1.807, 2.05) is 0 Å². The van der Waals surface area contributed by atoms with Gasteiger partial charge in [-0.3, -0.25) is 0 Å². The van der Waals surface area contributed by atoms with Gasteiger partial charge in [0.2, 0.25) is 0 Å². The van der Waals surface area contributed by atoms with E-state index < -0.39 is 5.92 Å². The van der Waals surface area contributed by atoms with Crippen LogP contribution < -0.4 is 0 Å². The molecule has 0 aliphatic carbocycles. The molecule has 0 heterocycles. The number of hydrogen-bond acceptors (Lipinski definition) is 2. The molecule has 0 saturated heterocycles. The lowest BCUT2D eigenvalue weighted by Gasteiger charge is -1.80. The number of aldehydes is 1. The molecule has 0 aliphatic heterocycles. The molecule has 0 spiro atoms. The Balaban J connectivity index is 3.65. The van der Waals surface area contributed by atoms with Gasteiger partial charge in [-0.1, -0.05) is 6.08 Å². The molecule has 0 N–H and O–H groups in total. The van der Waals surface area contributed by atoms with E-state index in [0.717, 1.165) is 0 Å². The third kappa shape index (κ3) is 1.72. The summed E-state index contributed by atoms with van der Waals surface area (Å²) >= 11 is 0. The van der Waals surface area contributed by atoms with Gasteiger partial charge in [0.25, 0.3) is 0 Å². The predicted octanol–water partition coefficient (Wildman–Crippen LogP) is 0.511. The summed E-state index contributed by atoms with van der Waals surface area (Å²) in [7, 11) is 0. The molecule has 0 fully saturated rings. The Bertz CT molecular complexity index is 104. The van der Waals surface area contributed by atoms with Crippen molar-refractivity contribution in [2.75, 3.05) is 0 Å². The van der Waals surface area contributed by atoms with Crippen LogP contribution >= 0.6 is 0 Å². The van der Waals surface area contributed by atoms with Crippen molar-refractivity contribution < 1.29 is 4.79 Å². The first-order valence-corrected chi connectivity index (χ1v) is 1.82. The van der Waals surface area contributed by atoms with Crippen LogP contribution in [-0.2, 0) is 4.79 Å². The Morgan fingerprint density at radius 1 is 1.86 bits per heavy atom. The van der Waals surface area contributed by atoms with E-state index in [-0.39, 0.29) is 0 Å². The van der Waals surface area contributed by atoms with Crippen molar-refractivity contribution in [2.45, 2.75) is 0 Å². The zero-order valence-corrected chi connectivity index (χ0v) is 3.79. The Labute approximate surface area is 42.1 Å². The van der Waals surface area contributed by atoms with E-state index in [0.29, 0.717) is 6.29 Å². The fourth-order valence-corrected chi connectivity index (χ4v) is 0.139. The Kier molecular flexibility index (Phi) is 2.62. The van der Waals surface area contributed by atoms with Gasteiger partial charge in [0.05, 0.1) is 6.07 Å². The van der Waals surface area contributed by atoms with Crippen LogP contribution in [0.15, 0.2) is 12.7 Å². The molecule has 1 atom stereocenters. The van der Waals surface area contributed by atoms with Gasteiger partial charge in [-0.05, 0) is 0 Å². The Morgan fingerprint density at radius 3 is 2.43 bits per heavy atom. The SMILES string of the molecule is C=CC(C#N)C=O. The van der Waals surface area contributed by atoms with Crippen LogP contribution in [0.4, 0.5) is 0 Å². The molecule has 7 heavy (non-hydrogen) atoms. The average Bonchev–Trinajstić information content (AvgIpc) is 1.72. The minimum Gasteiger partial charge on any atom is -0.302 e. The number of rotatable bonds is 2. The molecular formula is C5H5NO. The fourth-order valence-electron chi connectivity index (χ4n) is 0.139. The maximum absolute atomic E-state index is 9.67. The van der Waals surface area contributed by atoms with Crippen molar-refractivity contribution in [2.24, 2.45) is 5.92 Å². The largest absolute Gasteiger partial charge is 0.302 e. The zero-order valence-electron chi connectivity index (χ0n) is 3.79. The quantitative estimate of drug-likeness (QED) is 0.370. The Hall–Kier alpha value is -1.10. The van der Waals surface area contributed by atoms with Crippen LogP contribution in [0.25, 0.3) is 0 Å². The highest BCUT2D eigenvalue weighted by atomic mass is 16.1. The standard InChI is InChI=1S/C5H5NO/c1-2-5(3-6)4-7/h2,4-5H,1H2. The first-order chi connectivity index (χ1) is 3.35. The van der Waals surface area contributed by atoms with Crippen LogP contribution in [0.2, 0.25) is 0 Å². The summed E-state index contributed by atoms with van der Waals surface area (Å²) in [6.07, 6.45) is 1.85. The lowest BCUT2D eigenvalue weighted by atomic mass is 10.2. The summed E-state index contributed by atoms with van der Waals surface area (Å²) < 4.78 is 0. The molecular weight excluding hydrogens is 90.1 g/mol. The zero-order chi connectivity index (χ0) is 5.70. The van der Waals surface area contributed by atoms with Gasteiger partial charge in [-0.15, -0.1) is 6.58 Å². The normalized spacial score (nSPS) is 11.3. The van der Waals surface area contributed by atoms with Crippen molar-refractivity contribution in [3.8, 4) is 6.07 Å². The van der Waals surface area contributed by atoms with Crippen LogP contribution in [0.1, 0.15) is 0 Å². The first kappa shape index (κ1) is 5.90. The third-order valence-electron chi connectivity index (χ3n) is 0.550. The van der Waals surface area contributed by atoms with Crippen molar-refractivity contribution in [3.05, 3.63) is 12.7 Å². The number of carbonyl (C=O) groups is 1. The second-order valence-electron chi connectivity index (χ2n) is 1.03. The summed E-state index contributed by atoms with van der Waals surface area (Å²) in [5, 5.41) is 7.97. The minimum atomic E-state index is -0.625. The maximum atomic E-state index is 9.67. The lowest BCUT2D eigenvalue weighted by molar-refractivity contribution is -0.108. The highest BCUT2D eigenvalue weighted by Gasteiger charge is 1.93. The topological polar surface area (TPSA) is 40.9 Å². The molecule has 0 aromatic carbocycles. The second kappa shape index (κ2) is 3.10. The number of hydrogen-bond donors (Lipinski definition) is 0. The maximum Gasteiger partial charge on any atom is 0.140 e. The van der Waals surface area contributed by atoms with Gasteiger partial charge in [0.15, 0.2) is 0 Å². The first-order valence-electron chi connectivity index (χ1n) is 1.82. The summed E-state index contributed by atoms with van der Waals surface area (Å²) in [6.45, 7) is 3.25. The molecule has 0 rings (SSSR count). The highest BCUT2D eigenvalue weighted by molar-refractivity contribution is 5.60. The molecule has 0 bridgehead atoms. The van der Waals surface area contributed by atoms with E-state index in [4.69, 9.17) is 5.26 Å². The third-order valence-corrected chi connectivity index (χ3v) is 0.550. The fraction of sp³-hybridized carbons (Fsp3) is 0.200. The molecule has 2 heteroatoms. The van der Waals surface area contributed by atoms with Gasteiger partial charge in [-0.25, -0.2) is 0 Å². The van der Waals surface area contributed by atoms with Crippen molar-refractivity contribution in [3.63, 3.8) is 0 Å². The van der Waals surface area contributed by atoms with E-state index >= 15 is 0 Å². The van der Waals surface area contributed by atoms with Crippen LogP contribution in [-0.4, -0.2) is 6.29 Å². The number of allylic oxidation sites excluding steroid dienone is 1. The summed E-state index contributed by atoms with van der Waals surface area (Å²) in [4.78, 5) is 9.67. The summed E-state index contributed by atoms with van der Waals surface area (Å²) in [5.41, 5.74) is 0. The second-order valence-corrected chi connectivity index (χ2v) is 1.03. The number of nitriles is 1. The van der Waals surface area contributed by atoms with E-state index in [2.05, 4.69) is 6.58 Å². The molecule has 0 radical (unpaired) electrons. The molecule has 36 valence electrons. The molecule has 0 aromatic rings. The van der Waals surface area contributed by atoms with Gasteiger partial charge in [0.1, 0.15) is 12.2 Å².